The van der Waals surface area contributed by atoms with E-state index < -0.39 is 5.41 Å². The lowest BCUT2D eigenvalue weighted by Crippen LogP contribution is -2.26. The smallest absolute Gasteiger partial charge is 0.156 e. The first-order valence-electron chi connectivity index (χ1n) is 17.1. The fourth-order valence-electron chi connectivity index (χ4n) is 8.68. The molecule has 1 aliphatic heterocycles. The summed E-state index contributed by atoms with van der Waals surface area (Å²) in [5.41, 5.74) is 16.6. The Morgan fingerprint density at radius 1 is 0.583 bits per heavy atom. The van der Waals surface area contributed by atoms with Crippen molar-refractivity contribution in [3.05, 3.63) is 184 Å². The number of rotatable bonds is 3. The molecule has 2 atom stereocenters. The molecule has 5 aromatic carbocycles. The van der Waals surface area contributed by atoms with Crippen molar-refractivity contribution < 1.29 is 0 Å². The zero-order chi connectivity index (χ0) is 32.4. The topological polar surface area (TPSA) is 37.6 Å². The van der Waals surface area contributed by atoms with E-state index in [0.717, 1.165) is 46.9 Å². The van der Waals surface area contributed by atoms with E-state index in [4.69, 9.17) is 15.0 Å². The number of amidine groups is 1. The second-order valence-electron chi connectivity index (χ2n) is 13.6. The molecule has 6 aromatic rings. The van der Waals surface area contributed by atoms with E-state index in [1.165, 1.54) is 50.1 Å². The quantitative estimate of drug-likeness (QED) is 0.194. The van der Waals surface area contributed by atoms with Gasteiger partial charge in [-0.15, -0.1) is 0 Å². The molecule has 1 aromatic heterocycles. The monoisotopic (exact) mass is 619 g/mol. The lowest BCUT2D eigenvalue weighted by Gasteiger charge is -2.30. The molecule has 0 amide bonds. The molecule has 0 bridgehead atoms. The highest BCUT2D eigenvalue weighted by atomic mass is 15.0. The molecule has 232 valence electrons. The molecule has 9 rings (SSSR count). The minimum Gasteiger partial charge on any atom is -0.258 e. The minimum atomic E-state index is -0.409. The molecular weight excluding hydrogens is 583 g/mol. The largest absolute Gasteiger partial charge is 0.258 e. The van der Waals surface area contributed by atoms with Crippen LogP contribution in [0.5, 0.6) is 0 Å². The summed E-state index contributed by atoms with van der Waals surface area (Å²) < 4.78 is 0. The third-order valence-corrected chi connectivity index (χ3v) is 10.8. The van der Waals surface area contributed by atoms with E-state index in [0.29, 0.717) is 5.92 Å². The van der Waals surface area contributed by atoms with Crippen molar-refractivity contribution in [1.82, 2.24) is 4.98 Å². The van der Waals surface area contributed by atoms with Crippen LogP contribution in [-0.2, 0) is 5.41 Å². The number of benzene rings is 5. The summed E-state index contributed by atoms with van der Waals surface area (Å²) in [5.74, 6) is 1.11. The van der Waals surface area contributed by atoms with Gasteiger partial charge in [-0.05, 0) is 94.3 Å². The maximum Gasteiger partial charge on any atom is 0.156 e. The minimum absolute atomic E-state index is 0.0523. The molecule has 3 aliphatic rings. The van der Waals surface area contributed by atoms with Crippen LogP contribution in [0.25, 0.3) is 22.3 Å². The Balaban J connectivity index is 1.35. The lowest BCUT2D eigenvalue weighted by atomic mass is 9.70. The predicted octanol–water partition coefficient (Wildman–Crippen LogP) is 10.4. The van der Waals surface area contributed by atoms with E-state index in [2.05, 4.69) is 154 Å². The van der Waals surface area contributed by atoms with Crippen LogP contribution in [-0.4, -0.2) is 16.5 Å². The first-order chi connectivity index (χ1) is 23.6. The Morgan fingerprint density at radius 2 is 1.17 bits per heavy atom. The molecule has 3 nitrogen and oxygen atoms in total. The van der Waals surface area contributed by atoms with E-state index in [1.807, 2.05) is 0 Å². The molecule has 48 heavy (non-hydrogen) atoms. The van der Waals surface area contributed by atoms with Gasteiger partial charge in [0.25, 0.3) is 0 Å². The normalized spacial score (nSPS) is 20.7. The molecule has 3 heteroatoms. The highest BCUT2D eigenvalue weighted by Crippen LogP contribution is 2.63. The summed E-state index contributed by atoms with van der Waals surface area (Å²) in [4.78, 5) is 16.1. The summed E-state index contributed by atoms with van der Waals surface area (Å²) in [6, 6.07) is 48.7. The van der Waals surface area contributed by atoms with Gasteiger partial charge >= 0.3 is 0 Å². The zero-order valence-electron chi connectivity index (χ0n) is 27.6. The second kappa shape index (κ2) is 11.1. The van der Waals surface area contributed by atoms with Crippen LogP contribution in [0.4, 0.5) is 0 Å². The van der Waals surface area contributed by atoms with Gasteiger partial charge in [0.1, 0.15) is 0 Å². The Labute approximate surface area is 282 Å². The highest BCUT2D eigenvalue weighted by molar-refractivity contribution is 6.16. The summed E-state index contributed by atoms with van der Waals surface area (Å²) in [6.45, 7) is 6.52. The van der Waals surface area contributed by atoms with E-state index >= 15 is 0 Å². The maximum atomic E-state index is 5.67. The first-order valence-corrected chi connectivity index (χ1v) is 17.1. The van der Waals surface area contributed by atoms with E-state index in [-0.39, 0.29) is 6.04 Å². The van der Waals surface area contributed by atoms with Crippen molar-refractivity contribution in [2.75, 3.05) is 0 Å². The number of aromatic nitrogens is 1. The van der Waals surface area contributed by atoms with Crippen LogP contribution in [0.15, 0.2) is 143 Å². The van der Waals surface area contributed by atoms with Crippen molar-refractivity contribution in [3.8, 4) is 22.3 Å². The fraction of sp³-hybridized carbons (Fsp3) is 0.178. The van der Waals surface area contributed by atoms with Gasteiger partial charge in [-0.1, -0.05) is 134 Å². The SMILES string of the molecule is Cc1ccc(C2/N=C(c3cccc4c3-c3ccccc3C43c4ccccc4-c4ccccc43)\N=C(\c3ccccc3)CCC2C)c(C)n1. The van der Waals surface area contributed by atoms with Crippen molar-refractivity contribution >= 4 is 11.5 Å². The van der Waals surface area contributed by atoms with E-state index in [9.17, 15) is 0 Å². The van der Waals surface area contributed by atoms with Crippen LogP contribution in [0.3, 0.4) is 0 Å². The van der Waals surface area contributed by atoms with Gasteiger partial charge in [0.2, 0.25) is 0 Å². The molecule has 0 saturated heterocycles. The van der Waals surface area contributed by atoms with E-state index in [1.54, 1.807) is 0 Å². The van der Waals surface area contributed by atoms with Crippen LogP contribution in [0.2, 0.25) is 0 Å². The van der Waals surface area contributed by atoms with Crippen molar-refractivity contribution in [2.45, 2.75) is 45.1 Å². The van der Waals surface area contributed by atoms with Crippen LogP contribution in [0.1, 0.15) is 76.1 Å². The highest BCUT2D eigenvalue weighted by Gasteiger charge is 2.52. The van der Waals surface area contributed by atoms with Crippen molar-refractivity contribution in [3.63, 3.8) is 0 Å². The number of aliphatic imine (C=N–C) groups is 2. The third kappa shape index (κ3) is 4.17. The number of nitrogens with zero attached hydrogens (tertiary/aromatic N) is 3. The van der Waals surface area contributed by atoms with Gasteiger partial charge in [0.15, 0.2) is 5.84 Å². The van der Waals surface area contributed by atoms with Gasteiger partial charge in [0, 0.05) is 17.0 Å². The fourth-order valence-corrected chi connectivity index (χ4v) is 8.68. The third-order valence-electron chi connectivity index (χ3n) is 10.8. The Hall–Kier alpha value is -5.41. The number of aryl methyl sites for hydroxylation is 2. The summed E-state index contributed by atoms with van der Waals surface area (Å²) in [5, 5.41) is 0. The Bertz CT molecular complexity index is 2250. The van der Waals surface area contributed by atoms with Crippen LogP contribution >= 0.6 is 0 Å². The molecule has 2 heterocycles. The zero-order valence-corrected chi connectivity index (χ0v) is 27.6. The summed E-state index contributed by atoms with van der Waals surface area (Å²) >= 11 is 0. The van der Waals surface area contributed by atoms with Crippen LogP contribution < -0.4 is 0 Å². The summed E-state index contributed by atoms with van der Waals surface area (Å²) in [7, 11) is 0. The summed E-state index contributed by atoms with van der Waals surface area (Å²) in [6.07, 6.45) is 1.88. The van der Waals surface area contributed by atoms with Gasteiger partial charge in [-0.25, -0.2) is 4.99 Å². The number of fused-ring (bicyclic) bond motifs is 10. The number of pyridine rings is 1. The first kappa shape index (κ1) is 28.8. The second-order valence-corrected chi connectivity index (χ2v) is 13.6. The standard InChI is InChI=1S/C45H37N3/c1-28-24-27-41(31-14-5-4-6-15-31)47-44(48-43(28)32-26-25-29(2)46-30(32)3)36-19-13-23-40-42(36)35-18-9-12-22-39(35)45(40)37-20-10-7-16-33(37)34-17-8-11-21-38(34)45/h4-23,25-26,28,43H,24,27H2,1-3H3/b47-41+,48-44-. The maximum absolute atomic E-state index is 5.67. The van der Waals surface area contributed by atoms with Gasteiger partial charge in [-0.2, -0.15) is 0 Å². The Morgan fingerprint density at radius 3 is 1.85 bits per heavy atom. The Kier molecular flexibility index (Phi) is 6.65. The van der Waals surface area contributed by atoms with Crippen LogP contribution in [0, 0.1) is 19.8 Å². The number of hydrogen-bond donors (Lipinski definition) is 0. The predicted molar refractivity (Wildman–Crippen MR) is 197 cm³/mol. The molecule has 0 radical (unpaired) electrons. The molecule has 1 spiro atoms. The molecular formula is C45H37N3. The molecule has 0 fully saturated rings. The average molecular weight is 620 g/mol. The molecule has 2 unspecified atom stereocenters. The van der Waals surface area contributed by atoms with Gasteiger partial charge in [-0.3, -0.25) is 9.98 Å². The van der Waals surface area contributed by atoms with Gasteiger partial charge in [0.05, 0.1) is 17.2 Å². The van der Waals surface area contributed by atoms with Crippen molar-refractivity contribution in [2.24, 2.45) is 15.9 Å². The molecule has 0 saturated carbocycles. The molecule has 2 aliphatic carbocycles. The average Bonchev–Trinajstić information content (AvgIpc) is 3.59. The number of hydrogen-bond acceptors (Lipinski definition) is 3. The molecule has 0 N–H and O–H groups in total. The van der Waals surface area contributed by atoms with Gasteiger partial charge < -0.3 is 0 Å². The lowest BCUT2D eigenvalue weighted by molar-refractivity contribution is 0.444. The van der Waals surface area contributed by atoms with Crippen molar-refractivity contribution in [1.29, 1.82) is 0 Å².